The van der Waals surface area contributed by atoms with Crippen LogP contribution in [0.5, 0.6) is 0 Å². The van der Waals surface area contributed by atoms with Gasteiger partial charge in [-0.2, -0.15) is 0 Å². The number of hydrogen-bond donors (Lipinski definition) is 1. The van der Waals surface area contributed by atoms with Gasteiger partial charge in [-0.05, 0) is 42.0 Å². The fourth-order valence-corrected chi connectivity index (χ4v) is 5.29. The molecule has 4 rings (SSSR count). The van der Waals surface area contributed by atoms with E-state index in [2.05, 4.69) is 17.2 Å². The second kappa shape index (κ2) is 9.54. The minimum absolute atomic E-state index is 0.240. The van der Waals surface area contributed by atoms with Crippen LogP contribution in [-0.4, -0.2) is 25.8 Å². The molecule has 0 bridgehead atoms. The summed E-state index contributed by atoms with van der Waals surface area (Å²) in [7, 11) is 0. The monoisotopic (exact) mass is 466 g/mol. The second-order valence-electron chi connectivity index (χ2n) is 7.01. The van der Waals surface area contributed by atoms with Crippen molar-refractivity contribution >= 4 is 45.0 Å². The third-order valence-electron chi connectivity index (χ3n) is 4.89. The number of thioether (sulfide) groups is 1. The second-order valence-corrected chi connectivity index (χ2v) is 9.52. The Hall–Kier alpha value is -3.17. The van der Waals surface area contributed by atoms with E-state index in [1.54, 1.807) is 24.3 Å². The third kappa shape index (κ3) is 4.39. The number of para-hydroxylation sites is 1. The number of carbonyl (C=O) groups excluding carboxylic acids is 1. The van der Waals surface area contributed by atoms with Gasteiger partial charge in [0.15, 0.2) is 9.99 Å². The predicted molar refractivity (Wildman–Crippen MR) is 130 cm³/mol. The Balaban J connectivity index is 1.78. The highest BCUT2D eigenvalue weighted by Crippen LogP contribution is 2.27. The fraction of sp³-hybridized carbons (Fsp3) is 0.217. The van der Waals surface area contributed by atoms with E-state index >= 15 is 0 Å². The minimum Gasteiger partial charge on any atom is -0.325 e. The van der Waals surface area contributed by atoms with E-state index in [9.17, 15) is 14.4 Å². The average Bonchev–Trinajstić information content (AvgIpc) is 3.22. The van der Waals surface area contributed by atoms with Crippen LogP contribution in [0.3, 0.4) is 0 Å². The Morgan fingerprint density at radius 2 is 1.78 bits per heavy atom. The smallest absolute Gasteiger partial charge is 0.325 e. The summed E-state index contributed by atoms with van der Waals surface area (Å²) < 4.78 is 3.42. The molecule has 32 heavy (non-hydrogen) atoms. The van der Waals surface area contributed by atoms with Gasteiger partial charge in [-0.3, -0.25) is 14.2 Å². The summed E-state index contributed by atoms with van der Waals surface area (Å²) in [6.45, 7) is 3.80. The van der Waals surface area contributed by atoms with Crippen LogP contribution >= 0.6 is 23.1 Å². The molecule has 0 aliphatic carbocycles. The summed E-state index contributed by atoms with van der Waals surface area (Å²) in [4.78, 5) is 43.8. The molecule has 0 radical (unpaired) electrons. The molecule has 164 valence electrons. The molecule has 0 aliphatic rings. The van der Waals surface area contributed by atoms with Gasteiger partial charge in [-0.25, -0.2) is 14.3 Å². The molecule has 0 saturated heterocycles. The number of fused-ring (bicyclic) bond motifs is 1. The number of hydrogen-bond acceptors (Lipinski definition) is 6. The summed E-state index contributed by atoms with van der Waals surface area (Å²) >= 11 is 2.74. The number of nitrogens with one attached hydrogen (secondary N) is 1. The Kier molecular flexibility index (Phi) is 6.57. The molecule has 1 amide bonds. The van der Waals surface area contributed by atoms with Crippen molar-refractivity contribution in [1.29, 1.82) is 0 Å². The van der Waals surface area contributed by atoms with Crippen LogP contribution in [-0.2, 0) is 17.8 Å². The van der Waals surface area contributed by atoms with E-state index in [0.717, 1.165) is 16.7 Å². The summed E-state index contributed by atoms with van der Waals surface area (Å²) in [5.74, 6) is 0.416. The maximum Gasteiger partial charge on any atom is 0.337 e. The molecule has 0 aliphatic heterocycles. The van der Waals surface area contributed by atoms with E-state index in [-0.39, 0.29) is 18.1 Å². The fourth-order valence-electron chi connectivity index (χ4n) is 3.32. The van der Waals surface area contributed by atoms with Crippen LogP contribution < -0.4 is 16.6 Å². The summed E-state index contributed by atoms with van der Waals surface area (Å²) in [5.41, 5.74) is 1.48. The zero-order valence-electron chi connectivity index (χ0n) is 17.7. The van der Waals surface area contributed by atoms with E-state index in [1.807, 2.05) is 37.3 Å². The molecule has 0 saturated carbocycles. The molecule has 0 spiro atoms. The zero-order valence-corrected chi connectivity index (χ0v) is 19.3. The van der Waals surface area contributed by atoms with Crippen molar-refractivity contribution < 1.29 is 4.79 Å². The quantitative estimate of drug-likeness (QED) is 0.417. The van der Waals surface area contributed by atoms with Crippen molar-refractivity contribution in [2.45, 2.75) is 31.2 Å². The lowest BCUT2D eigenvalue weighted by molar-refractivity contribution is -0.116. The van der Waals surface area contributed by atoms with Crippen molar-refractivity contribution in [3.05, 3.63) is 81.0 Å². The SMILES string of the molecule is CCSc1nc2c(s1)c(=O)n(-c1ccccc1)c(=O)n2CC(=O)Nc1ccc(CC)cc1. The van der Waals surface area contributed by atoms with E-state index in [0.29, 0.717) is 20.4 Å². The van der Waals surface area contributed by atoms with Gasteiger partial charge in [0.2, 0.25) is 5.91 Å². The predicted octanol–water partition coefficient (Wildman–Crippen LogP) is 3.92. The molecule has 2 aromatic carbocycles. The lowest BCUT2D eigenvalue weighted by atomic mass is 10.1. The number of aromatic nitrogens is 3. The normalized spacial score (nSPS) is 11.1. The standard InChI is InChI=1S/C23H22N4O3S2/c1-3-15-10-12-16(13-11-15)24-18(28)14-26-20-19(32-22(25-20)31-4-2)21(29)27(23(26)30)17-8-6-5-7-9-17/h5-13H,3-4,14H2,1-2H3,(H,24,28). The van der Waals surface area contributed by atoms with Gasteiger partial charge in [0.05, 0.1) is 5.69 Å². The summed E-state index contributed by atoms with van der Waals surface area (Å²) in [6.07, 6.45) is 0.907. The number of rotatable bonds is 7. The Bertz CT molecular complexity index is 1370. The molecule has 4 aromatic rings. The van der Waals surface area contributed by atoms with Gasteiger partial charge < -0.3 is 5.32 Å². The zero-order chi connectivity index (χ0) is 22.7. The highest BCUT2D eigenvalue weighted by Gasteiger charge is 2.20. The number of benzene rings is 2. The molecule has 0 atom stereocenters. The van der Waals surface area contributed by atoms with E-state index < -0.39 is 11.2 Å². The molecule has 1 N–H and O–H groups in total. The third-order valence-corrected chi connectivity index (χ3v) is 6.95. The first kappa shape index (κ1) is 22.0. The Morgan fingerprint density at radius 3 is 2.44 bits per heavy atom. The van der Waals surface area contributed by atoms with Crippen molar-refractivity contribution in [2.24, 2.45) is 0 Å². The van der Waals surface area contributed by atoms with Crippen LogP contribution in [0.2, 0.25) is 0 Å². The molecule has 9 heteroatoms. The number of nitrogens with zero attached hydrogens (tertiary/aromatic N) is 3. The van der Waals surface area contributed by atoms with Gasteiger partial charge in [-0.15, -0.1) is 11.3 Å². The van der Waals surface area contributed by atoms with Gasteiger partial charge in [0.1, 0.15) is 11.2 Å². The maximum atomic E-state index is 13.3. The molecular formula is C23H22N4O3S2. The van der Waals surface area contributed by atoms with Gasteiger partial charge in [-0.1, -0.05) is 55.9 Å². The van der Waals surface area contributed by atoms with Crippen molar-refractivity contribution in [3.8, 4) is 5.69 Å². The van der Waals surface area contributed by atoms with Gasteiger partial charge in [0.25, 0.3) is 5.56 Å². The lowest BCUT2D eigenvalue weighted by Gasteiger charge is -2.12. The maximum absolute atomic E-state index is 13.3. The Labute approximate surface area is 192 Å². The minimum atomic E-state index is -0.594. The number of anilines is 1. The first-order valence-corrected chi connectivity index (χ1v) is 12.1. The lowest BCUT2D eigenvalue weighted by Crippen LogP contribution is -2.40. The van der Waals surface area contributed by atoms with Gasteiger partial charge in [0, 0.05) is 5.69 Å². The van der Waals surface area contributed by atoms with Crippen LogP contribution in [0.4, 0.5) is 5.69 Å². The molecule has 2 aromatic heterocycles. The van der Waals surface area contributed by atoms with E-state index in [4.69, 9.17) is 0 Å². The van der Waals surface area contributed by atoms with Crippen LogP contribution in [0, 0.1) is 0 Å². The van der Waals surface area contributed by atoms with Crippen LogP contribution in [0.15, 0.2) is 68.5 Å². The van der Waals surface area contributed by atoms with Crippen LogP contribution in [0.1, 0.15) is 19.4 Å². The average molecular weight is 467 g/mol. The highest BCUT2D eigenvalue weighted by molar-refractivity contribution is 8.01. The van der Waals surface area contributed by atoms with Crippen molar-refractivity contribution in [3.63, 3.8) is 0 Å². The number of carbonyl (C=O) groups is 1. The number of amides is 1. The summed E-state index contributed by atoms with van der Waals surface area (Å²) in [5, 5.41) is 2.82. The highest BCUT2D eigenvalue weighted by atomic mass is 32.2. The molecule has 0 unspecified atom stereocenters. The van der Waals surface area contributed by atoms with E-state index in [1.165, 1.54) is 33.2 Å². The van der Waals surface area contributed by atoms with Crippen LogP contribution in [0.25, 0.3) is 16.0 Å². The molecule has 2 heterocycles. The van der Waals surface area contributed by atoms with Gasteiger partial charge >= 0.3 is 5.69 Å². The largest absolute Gasteiger partial charge is 0.337 e. The first-order chi connectivity index (χ1) is 15.5. The Morgan fingerprint density at radius 1 is 1.06 bits per heavy atom. The number of aryl methyl sites for hydroxylation is 1. The molecule has 0 fully saturated rings. The van der Waals surface area contributed by atoms with Crippen molar-refractivity contribution in [1.82, 2.24) is 14.1 Å². The topological polar surface area (TPSA) is 86.0 Å². The summed E-state index contributed by atoms with van der Waals surface area (Å²) in [6, 6.07) is 16.3. The molecule has 7 nitrogen and oxygen atoms in total. The first-order valence-electron chi connectivity index (χ1n) is 10.2. The number of thiazole rings is 1. The van der Waals surface area contributed by atoms with Crippen molar-refractivity contribution in [2.75, 3.05) is 11.1 Å². The molecular weight excluding hydrogens is 444 g/mol.